The highest BCUT2D eigenvalue weighted by Gasteiger charge is 2.31. The predicted molar refractivity (Wildman–Crippen MR) is 71.0 cm³/mol. The van der Waals surface area contributed by atoms with Gasteiger partial charge in [-0.05, 0) is 25.0 Å². The first-order valence-electron chi connectivity index (χ1n) is 6.09. The van der Waals surface area contributed by atoms with Crippen molar-refractivity contribution in [3.8, 4) is 6.07 Å². The third kappa shape index (κ3) is 3.12. The van der Waals surface area contributed by atoms with Crippen molar-refractivity contribution in [2.75, 3.05) is 13.1 Å². The largest absolute Gasteiger partial charge is 0.336 e. The molecule has 2 heterocycles. The first-order valence-corrected chi connectivity index (χ1v) is 7.70. The van der Waals surface area contributed by atoms with E-state index in [2.05, 4.69) is 4.98 Å². The van der Waals surface area contributed by atoms with Crippen molar-refractivity contribution in [1.82, 2.24) is 9.88 Å². The number of carbonyl (C=O) groups is 1. The van der Waals surface area contributed by atoms with Crippen molar-refractivity contribution in [1.29, 1.82) is 5.26 Å². The zero-order chi connectivity index (χ0) is 14.8. The van der Waals surface area contributed by atoms with Crippen LogP contribution in [0.5, 0.6) is 0 Å². The summed E-state index contributed by atoms with van der Waals surface area (Å²) in [6, 6.07) is 4.88. The fraction of sp³-hybridized carbons (Fsp3) is 0.417. The number of likely N-dealkylation sites (tertiary alicyclic amines) is 1. The number of amides is 1. The van der Waals surface area contributed by atoms with Gasteiger partial charge in [0.25, 0.3) is 5.91 Å². The van der Waals surface area contributed by atoms with Gasteiger partial charge in [-0.3, -0.25) is 4.79 Å². The highest BCUT2D eigenvalue weighted by molar-refractivity contribution is 7.89. The molecule has 1 aromatic heterocycles. The Morgan fingerprint density at radius 1 is 1.50 bits per heavy atom. The first kappa shape index (κ1) is 14.4. The third-order valence-corrected chi connectivity index (χ3v) is 4.56. The smallest absolute Gasteiger partial charge is 0.272 e. The van der Waals surface area contributed by atoms with Gasteiger partial charge in [0.15, 0.2) is 0 Å². The van der Waals surface area contributed by atoms with Gasteiger partial charge in [-0.25, -0.2) is 18.5 Å². The number of sulfonamides is 1. The molecule has 2 rings (SSSR count). The molecule has 2 N–H and O–H groups in total. The number of nitriles is 1. The number of rotatable bonds is 2. The summed E-state index contributed by atoms with van der Waals surface area (Å²) in [7, 11) is -3.64. The number of hydrogen-bond acceptors (Lipinski definition) is 5. The van der Waals surface area contributed by atoms with Crippen molar-refractivity contribution in [3.05, 3.63) is 29.6 Å². The molecule has 0 spiro atoms. The Hall–Kier alpha value is -1.98. The summed E-state index contributed by atoms with van der Waals surface area (Å²) in [6.45, 7) is 0.561. The van der Waals surface area contributed by atoms with Crippen LogP contribution in [0.2, 0.25) is 0 Å². The van der Waals surface area contributed by atoms with Crippen LogP contribution in [0, 0.1) is 11.3 Å². The average molecular weight is 294 g/mol. The van der Waals surface area contributed by atoms with E-state index in [0.29, 0.717) is 24.9 Å². The first-order chi connectivity index (χ1) is 9.41. The monoisotopic (exact) mass is 294 g/mol. The predicted octanol–water partition coefficient (Wildman–Crippen LogP) is -0.154. The van der Waals surface area contributed by atoms with Gasteiger partial charge in [0.2, 0.25) is 10.0 Å². The van der Waals surface area contributed by atoms with Crippen LogP contribution in [0.25, 0.3) is 0 Å². The quantitative estimate of drug-likeness (QED) is 0.813. The minimum absolute atomic E-state index is 0.0827. The maximum absolute atomic E-state index is 12.2. The number of nitrogens with two attached hydrogens (primary N) is 1. The molecule has 0 aromatic carbocycles. The van der Waals surface area contributed by atoms with Gasteiger partial charge < -0.3 is 4.90 Å². The highest BCUT2D eigenvalue weighted by Crippen LogP contribution is 2.17. The summed E-state index contributed by atoms with van der Waals surface area (Å²) < 4.78 is 22.7. The lowest BCUT2D eigenvalue weighted by atomic mass is 10.1. The molecule has 0 bridgehead atoms. The lowest BCUT2D eigenvalue weighted by Crippen LogP contribution is -2.47. The number of nitrogens with zero attached hydrogens (tertiary/aromatic N) is 3. The number of aromatic nitrogens is 1. The molecule has 0 saturated carbocycles. The van der Waals surface area contributed by atoms with Gasteiger partial charge in [0.1, 0.15) is 11.8 Å². The molecule has 1 aliphatic rings. The number of carbonyl (C=O) groups excluding carboxylic acids is 1. The molecule has 20 heavy (non-hydrogen) atoms. The molecule has 1 unspecified atom stereocenters. The van der Waals surface area contributed by atoms with E-state index in [1.54, 1.807) is 0 Å². The van der Waals surface area contributed by atoms with Crippen LogP contribution in [0.1, 0.15) is 28.9 Å². The Morgan fingerprint density at radius 2 is 2.25 bits per heavy atom. The van der Waals surface area contributed by atoms with E-state index >= 15 is 0 Å². The molecule has 1 aromatic rings. The molecule has 7 nitrogen and oxygen atoms in total. The molecule has 106 valence electrons. The molecule has 1 fully saturated rings. The van der Waals surface area contributed by atoms with Crippen LogP contribution in [0.15, 0.2) is 18.3 Å². The van der Waals surface area contributed by atoms with Crippen LogP contribution >= 0.6 is 0 Å². The van der Waals surface area contributed by atoms with Gasteiger partial charge in [-0.2, -0.15) is 5.26 Å². The SMILES string of the molecule is N#Cc1ccc(C(=O)N2CCCC(S(N)(=O)=O)C2)nc1. The topological polar surface area (TPSA) is 117 Å². The Labute approximate surface area is 117 Å². The van der Waals surface area contributed by atoms with Crippen LogP contribution in [-0.4, -0.2) is 42.5 Å². The van der Waals surface area contributed by atoms with E-state index in [1.165, 1.54) is 23.2 Å². The summed E-state index contributed by atoms with van der Waals surface area (Å²) in [4.78, 5) is 17.6. The van der Waals surface area contributed by atoms with E-state index in [1.807, 2.05) is 6.07 Å². The van der Waals surface area contributed by atoms with Crippen molar-refractivity contribution in [2.24, 2.45) is 5.14 Å². The van der Waals surface area contributed by atoms with Crippen LogP contribution < -0.4 is 5.14 Å². The van der Waals surface area contributed by atoms with Crippen LogP contribution in [-0.2, 0) is 10.0 Å². The van der Waals surface area contributed by atoms with Gasteiger partial charge in [-0.1, -0.05) is 0 Å². The summed E-state index contributed by atoms with van der Waals surface area (Å²) in [5.74, 6) is -0.345. The van der Waals surface area contributed by atoms with Gasteiger partial charge in [0, 0.05) is 19.3 Å². The summed E-state index contributed by atoms with van der Waals surface area (Å²) in [5.41, 5.74) is 0.557. The van der Waals surface area contributed by atoms with E-state index in [9.17, 15) is 13.2 Å². The zero-order valence-electron chi connectivity index (χ0n) is 10.7. The van der Waals surface area contributed by atoms with E-state index in [0.717, 1.165) is 0 Å². The molecule has 1 amide bonds. The molecule has 0 aliphatic carbocycles. The molecule has 1 atom stereocenters. The maximum Gasteiger partial charge on any atom is 0.272 e. The molecule has 8 heteroatoms. The minimum Gasteiger partial charge on any atom is -0.336 e. The molecule has 0 radical (unpaired) electrons. The fourth-order valence-electron chi connectivity index (χ4n) is 2.14. The van der Waals surface area contributed by atoms with Crippen molar-refractivity contribution >= 4 is 15.9 Å². The zero-order valence-corrected chi connectivity index (χ0v) is 11.5. The number of hydrogen-bond donors (Lipinski definition) is 1. The lowest BCUT2D eigenvalue weighted by molar-refractivity contribution is 0.0721. The van der Waals surface area contributed by atoms with E-state index < -0.39 is 15.3 Å². The Morgan fingerprint density at radius 3 is 2.80 bits per heavy atom. The van der Waals surface area contributed by atoms with E-state index in [-0.39, 0.29) is 18.1 Å². The highest BCUT2D eigenvalue weighted by atomic mass is 32.2. The average Bonchev–Trinajstić information content (AvgIpc) is 2.46. The molecule has 1 saturated heterocycles. The van der Waals surface area contributed by atoms with E-state index in [4.69, 9.17) is 10.4 Å². The second-order valence-electron chi connectivity index (χ2n) is 4.65. The third-order valence-electron chi connectivity index (χ3n) is 3.24. The minimum atomic E-state index is -3.64. The molecule has 1 aliphatic heterocycles. The lowest BCUT2D eigenvalue weighted by Gasteiger charge is -2.31. The van der Waals surface area contributed by atoms with Gasteiger partial charge in [-0.15, -0.1) is 0 Å². The molecular formula is C12H14N4O3S. The second-order valence-corrected chi connectivity index (χ2v) is 6.49. The Kier molecular flexibility index (Phi) is 4.01. The summed E-state index contributed by atoms with van der Waals surface area (Å²) in [5, 5.41) is 13.1. The molecular weight excluding hydrogens is 280 g/mol. The van der Waals surface area contributed by atoms with Gasteiger partial charge >= 0.3 is 0 Å². The fourth-order valence-corrected chi connectivity index (χ4v) is 3.02. The normalized spacial score (nSPS) is 19.4. The van der Waals surface area contributed by atoms with Crippen molar-refractivity contribution in [2.45, 2.75) is 18.1 Å². The van der Waals surface area contributed by atoms with Crippen LogP contribution in [0.4, 0.5) is 0 Å². The standard InChI is InChI=1S/C12H14N4O3S/c13-6-9-3-4-11(15-7-9)12(17)16-5-1-2-10(8-16)20(14,18)19/h3-4,7,10H,1-2,5,8H2,(H2,14,18,19). The van der Waals surface area contributed by atoms with Crippen molar-refractivity contribution < 1.29 is 13.2 Å². The summed E-state index contributed by atoms with van der Waals surface area (Å²) >= 11 is 0. The maximum atomic E-state index is 12.2. The Balaban J connectivity index is 2.14. The number of piperidine rings is 1. The summed E-state index contributed by atoms with van der Waals surface area (Å²) in [6.07, 6.45) is 2.36. The van der Waals surface area contributed by atoms with Crippen LogP contribution in [0.3, 0.4) is 0 Å². The number of primary sulfonamides is 1. The number of pyridine rings is 1. The van der Waals surface area contributed by atoms with Gasteiger partial charge in [0.05, 0.1) is 10.8 Å². The Bertz CT molecular complexity index is 648. The second kappa shape index (κ2) is 5.56. The van der Waals surface area contributed by atoms with Crippen molar-refractivity contribution in [3.63, 3.8) is 0 Å².